The highest BCUT2D eigenvalue weighted by Crippen LogP contribution is 2.38. The summed E-state index contributed by atoms with van der Waals surface area (Å²) in [4.78, 5) is 83.5. The van der Waals surface area contributed by atoms with Crippen LogP contribution in [0.25, 0.3) is 55.2 Å². The smallest absolute Gasteiger partial charge is 0.250 e. The van der Waals surface area contributed by atoms with Gasteiger partial charge in [0.05, 0.1) is 45.0 Å². The molecule has 0 spiro atoms. The Morgan fingerprint density at radius 1 is 0.510 bits per heavy atom. The lowest BCUT2D eigenvalue weighted by atomic mass is 10.0. The van der Waals surface area contributed by atoms with Crippen molar-refractivity contribution in [2.45, 2.75) is 102 Å². The van der Waals surface area contributed by atoms with Crippen LogP contribution in [0, 0.1) is 60.0 Å². The van der Waals surface area contributed by atoms with E-state index in [1.165, 1.54) is 0 Å². The molecule has 0 unspecified atom stereocenters. The number of nitrogens with two attached hydrogens (primary N) is 5. The van der Waals surface area contributed by atoms with Gasteiger partial charge in [-0.05, 0) is 109 Å². The summed E-state index contributed by atoms with van der Waals surface area (Å²) in [6.45, 7) is 15.9. The maximum Gasteiger partial charge on any atom is 0.250 e. The third-order valence-electron chi connectivity index (χ3n) is 14.5. The average molecular weight is 1480 g/mol. The van der Waals surface area contributed by atoms with Crippen molar-refractivity contribution in [1.29, 1.82) is 0 Å². The van der Waals surface area contributed by atoms with Gasteiger partial charge in [-0.15, -0.1) is 11.3 Å². The van der Waals surface area contributed by atoms with Gasteiger partial charge in [-0.2, -0.15) is 0 Å². The van der Waals surface area contributed by atoms with Gasteiger partial charge in [-0.3, -0.25) is 19.2 Å². The minimum Gasteiger partial charge on any atom is -0.369 e. The number of nitrogen functional groups attached to an aromatic ring is 5. The number of carbonyl (C=O) groups excluding carboxylic acids is 4. The van der Waals surface area contributed by atoms with Crippen molar-refractivity contribution in [3.8, 4) is 45.0 Å². The lowest BCUT2D eigenvalue weighted by molar-refractivity contribution is 0.111. The van der Waals surface area contributed by atoms with Gasteiger partial charge in [0.15, 0.2) is 31.1 Å². The largest absolute Gasteiger partial charge is 0.369 e. The number of aromatic amines is 1. The fourth-order valence-corrected chi connectivity index (χ4v) is 15.8. The standard InChI is InChI=1S/C17H20N4O3S2.C17H18N4O2S2.C13H12ClN3O.C13H13N3OS.C5H3Cl2N3O/c1-10-3-6-13(11(2)7-10)15-14(8-22)16(20-17(18)19-15)25-9-26(23,24)21-12-4-5-12;1-9-3-6-12(10(2)7-9)15-13-8-14(24-16(13)20-17(18)19-15)25(22,23)21-11-4-5-11;1-7-3-4-9(8(2)5-7)11-10(6-18)12(14)17-13(15)16-11;1-7-3-4-9(8(2)5-7)11-10(6-17)12(18)16-13(14)15-11;6-3-2(1-11)4(7)10-5(8)9-3/h3,6-8,12,21H,4-5,9H2,1-2H3,(H2,18,19,20);3,6-8,11,21H,4-5H2,1-2H3,(H2,18,19,20);3-6H,1-2H3,(H2,15,16,17);3-6H,1-2H3,(H3,14,15,16,18);1H,(H2,8,9,10). The second-order valence-corrected chi connectivity index (χ2v) is 30.2. The molecule has 25 nitrogen and oxygen atoms in total. The molecule has 13 N–H and O–H groups in total. The van der Waals surface area contributed by atoms with Gasteiger partial charge in [-0.25, -0.2) is 71.1 Å². The number of nitrogens with one attached hydrogen (secondary N) is 3. The highest BCUT2D eigenvalue weighted by molar-refractivity contribution is 8.11. The molecule has 2 fully saturated rings. The number of fused-ring (bicyclic) bond motifs is 1. The zero-order valence-electron chi connectivity index (χ0n) is 53.9. The lowest BCUT2D eigenvalue weighted by Gasteiger charge is -2.12. The fourth-order valence-electron chi connectivity index (χ4n) is 9.69. The molecule has 0 saturated heterocycles. The minimum absolute atomic E-state index is 0.000579. The van der Waals surface area contributed by atoms with Crippen LogP contribution in [0.5, 0.6) is 0 Å². The van der Waals surface area contributed by atoms with E-state index in [-0.39, 0.29) is 92.9 Å². The molecule has 6 heterocycles. The monoisotopic (exact) mass is 1480 g/mol. The number of aromatic nitrogens is 10. The summed E-state index contributed by atoms with van der Waals surface area (Å²) in [5.41, 5.74) is 43.3. The number of H-pyrrole nitrogens is 1. The predicted octanol–water partition coefficient (Wildman–Crippen LogP) is 12.1. The van der Waals surface area contributed by atoms with Crippen LogP contribution in [-0.2, 0) is 20.0 Å². The number of nitrogens with zero attached hydrogens (tertiary/aromatic N) is 9. The molecule has 2 saturated carbocycles. The number of thioether (sulfide) groups is 1. The van der Waals surface area contributed by atoms with Crippen LogP contribution in [0.2, 0.25) is 15.5 Å². The third kappa shape index (κ3) is 19.3. The molecule has 0 amide bonds. The van der Waals surface area contributed by atoms with Gasteiger partial charge in [0, 0.05) is 39.7 Å². The summed E-state index contributed by atoms with van der Waals surface area (Å²) in [5, 5.41) is 0.765. The van der Waals surface area contributed by atoms with Gasteiger partial charge in [-0.1, -0.05) is 154 Å². The predicted molar refractivity (Wildman–Crippen MR) is 390 cm³/mol. The van der Waals surface area contributed by atoms with E-state index in [9.17, 15) is 36.0 Å². The first kappa shape index (κ1) is 75.0. The van der Waals surface area contributed by atoms with E-state index < -0.39 is 20.0 Å². The summed E-state index contributed by atoms with van der Waals surface area (Å²) in [5.74, 6) is 0.357. The number of anilines is 5. The topological polar surface area (TPSA) is 423 Å². The Morgan fingerprint density at radius 2 is 0.908 bits per heavy atom. The van der Waals surface area contributed by atoms with Crippen molar-refractivity contribution < 1.29 is 36.0 Å². The molecule has 12 rings (SSSR count). The number of aldehydes is 4. The zero-order valence-corrected chi connectivity index (χ0v) is 60.2. The van der Waals surface area contributed by atoms with Gasteiger partial charge in [0.25, 0.3) is 0 Å². The highest BCUT2D eigenvalue weighted by Gasteiger charge is 2.31. The van der Waals surface area contributed by atoms with Gasteiger partial charge < -0.3 is 33.7 Å². The Bertz CT molecular complexity index is 5030. The van der Waals surface area contributed by atoms with E-state index in [4.69, 9.17) is 75.7 Å². The summed E-state index contributed by atoms with van der Waals surface area (Å²) in [6, 6.07) is 25.4. The molecule has 0 aliphatic heterocycles. The number of benzene rings is 4. The minimum atomic E-state index is -3.53. The van der Waals surface area contributed by atoms with E-state index in [2.05, 4.69) is 65.4 Å². The highest BCUT2D eigenvalue weighted by atomic mass is 35.5. The normalized spacial score (nSPS) is 12.5. The van der Waals surface area contributed by atoms with Crippen LogP contribution < -0.4 is 38.1 Å². The van der Waals surface area contributed by atoms with Crippen molar-refractivity contribution in [2.24, 2.45) is 0 Å². The number of aryl methyl sites for hydroxylation is 8. The Hall–Kier alpha value is -8.82. The molecule has 10 aromatic rings. The molecule has 2 aliphatic rings. The van der Waals surface area contributed by atoms with Gasteiger partial charge in [0.1, 0.15) is 39.3 Å². The number of halogens is 3. The van der Waals surface area contributed by atoms with E-state index >= 15 is 0 Å². The number of sulfonamides is 2. The van der Waals surface area contributed by atoms with Crippen LogP contribution in [0.1, 0.15) is 112 Å². The molecule has 6 aromatic heterocycles. The number of hydrogen-bond acceptors (Lipinski definition) is 25. The maximum atomic E-state index is 12.5. The summed E-state index contributed by atoms with van der Waals surface area (Å²) >= 11 is 24.0. The first-order chi connectivity index (χ1) is 46.3. The number of carbonyl (C=O) groups is 4. The molecule has 4 aromatic carbocycles. The molecule has 0 radical (unpaired) electrons. The van der Waals surface area contributed by atoms with E-state index in [1.54, 1.807) is 6.07 Å². The second-order valence-electron chi connectivity index (χ2n) is 22.7. The van der Waals surface area contributed by atoms with E-state index in [1.807, 2.05) is 122 Å². The van der Waals surface area contributed by atoms with Crippen LogP contribution in [-0.4, -0.2) is 109 Å². The lowest BCUT2D eigenvalue weighted by Crippen LogP contribution is -2.27. The molecule has 510 valence electrons. The van der Waals surface area contributed by atoms with Crippen molar-refractivity contribution in [2.75, 3.05) is 33.8 Å². The molecule has 0 bridgehead atoms. The molecular weight excluding hydrogens is 1410 g/mol. The van der Waals surface area contributed by atoms with Crippen molar-refractivity contribution >= 4 is 155 Å². The summed E-state index contributed by atoms with van der Waals surface area (Å²) in [6.07, 6.45) is 5.99. The van der Waals surface area contributed by atoms with Crippen LogP contribution in [0.4, 0.5) is 29.7 Å². The van der Waals surface area contributed by atoms with Crippen LogP contribution >= 0.6 is 70.1 Å². The Balaban J connectivity index is 0.000000160. The van der Waals surface area contributed by atoms with Crippen LogP contribution in [0.15, 0.2) is 88.1 Å². The molecule has 2 aliphatic carbocycles. The summed E-state index contributed by atoms with van der Waals surface area (Å²) in [7, 11) is -6.98. The van der Waals surface area contributed by atoms with Crippen molar-refractivity contribution in [3.05, 3.63) is 166 Å². The Morgan fingerprint density at radius 3 is 1.37 bits per heavy atom. The van der Waals surface area contributed by atoms with E-state index in [0.29, 0.717) is 63.7 Å². The Kier molecular flexibility index (Phi) is 24.7. The van der Waals surface area contributed by atoms with Crippen molar-refractivity contribution in [3.63, 3.8) is 0 Å². The number of rotatable bonds is 16. The fraction of sp³-hybridized carbons (Fsp3) is 0.231. The SMILES string of the molecule is Cc1ccc(-c2[nH]c(N)nc(=S)c2C=O)c(C)c1.Cc1ccc(-c2nc(N)nc(Cl)c2C=O)c(C)c1.Cc1ccc(-c2nc(N)nc(SCS(=O)(=O)NC3CC3)c2C=O)c(C)c1.Cc1ccc(-c2nc(N)nc3sc(S(=O)(=O)NC4CC4)cc23)c(C)c1.Nc1nc(Cl)c(C=O)c(Cl)n1. The number of thiophene rings is 1. The van der Waals surface area contributed by atoms with Gasteiger partial charge in [0.2, 0.25) is 43.8 Å². The summed E-state index contributed by atoms with van der Waals surface area (Å²) < 4.78 is 55.0. The molecule has 98 heavy (non-hydrogen) atoms. The molecule has 0 atom stereocenters. The first-order valence-electron chi connectivity index (χ1n) is 29.5. The van der Waals surface area contributed by atoms with Crippen LogP contribution in [0.3, 0.4) is 0 Å². The molecular formula is C65H66Cl3N17O8S5. The van der Waals surface area contributed by atoms with E-state index in [0.717, 1.165) is 116 Å². The quantitative estimate of drug-likeness (QED) is 0.0193. The van der Waals surface area contributed by atoms with Crippen molar-refractivity contribution in [1.82, 2.24) is 59.3 Å². The number of hydrogen-bond donors (Lipinski definition) is 8. The third-order valence-corrected chi connectivity index (χ3v) is 21.7. The first-order valence-corrected chi connectivity index (χ1v) is 36.0. The second kappa shape index (κ2) is 32.2. The zero-order chi connectivity index (χ0) is 71.7. The molecule has 33 heteroatoms. The average Bonchev–Trinajstić information content (AvgIpc) is 1.62. The maximum absolute atomic E-state index is 12.5. The Labute approximate surface area is 593 Å². The van der Waals surface area contributed by atoms with Gasteiger partial charge >= 0.3 is 0 Å².